The molecule has 0 radical (unpaired) electrons. The van der Waals surface area contributed by atoms with Gasteiger partial charge in [0.1, 0.15) is 11.9 Å². The fourth-order valence-corrected chi connectivity index (χ4v) is 1.95. The maximum atomic E-state index is 9.89. The van der Waals surface area contributed by atoms with Crippen molar-refractivity contribution in [3.05, 3.63) is 11.8 Å². The van der Waals surface area contributed by atoms with Crippen LogP contribution in [0.5, 0.6) is 0 Å². The molecule has 2 aliphatic heterocycles. The van der Waals surface area contributed by atoms with Crippen molar-refractivity contribution >= 4 is 0 Å². The second-order valence-corrected chi connectivity index (χ2v) is 3.83. The summed E-state index contributed by atoms with van der Waals surface area (Å²) in [7, 11) is 0. The van der Waals surface area contributed by atoms with Gasteiger partial charge in [-0.2, -0.15) is 0 Å². The molecule has 2 rings (SSSR count). The average molecular weight is 184 g/mol. The van der Waals surface area contributed by atoms with E-state index >= 15 is 0 Å². The maximum Gasteiger partial charge on any atom is 0.121 e. The van der Waals surface area contributed by atoms with E-state index in [0.29, 0.717) is 6.61 Å². The minimum absolute atomic E-state index is 0.222. The summed E-state index contributed by atoms with van der Waals surface area (Å²) in [5.41, 5.74) is 0. The number of hydrogen-bond acceptors (Lipinski definition) is 3. The lowest BCUT2D eigenvalue weighted by Gasteiger charge is -2.17. The highest BCUT2D eigenvalue weighted by atomic mass is 16.5. The molecule has 0 aliphatic carbocycles. The van der Waals surface area contributed by atoms with Crippen LogP contribution < -0.4 is 0 Å². The monoisotopic (exact) mass is 184 g/mol. The zero-order valence-electron chi connectivity index (χ0n) is 7.90. The standard InChI is InChI=1S/C10H16O3/c1-7-5-8(6-13-7)10(11)9-3-2-4-12-9/h3,7-8,10-11H,2,4-6H2,1H3. The molecule has 0 aromatic rings. The predicted octanol–water partition coefficient (Wildman–Crippen LogP) is 1.08. The van der Waals surface area contributed by atoms with Gasteiger partial charge in [-0.05, 0) is 19.4 Å². The summed E-state index contributed by atoms with van der Waals surface area (Å²) in [6, 6.07) is 0. The highest BCUT2D eigenvalue weighted by Gasteiger charge is 2.32. The quantitative estimate of drug-likeness (QED) is 0.697. The smallest absolute Gasteiger partial charge is 0.121 e. The maximum absolute atomic E-state index is 9.89. The van der Waals surface area contributed by atoms with Crippen LogP contribution in [0, 0.1) is 5.92 Å². The first-order valence-corrected chi connectivity index (χ1v) is 4.90. The lowest BCUT2D eigenvalue weighted by Crippen LogP contribution is -2.23. The fourth-order valence-electron chi connectivity index (χ4n) is 1.95. The van der Waals surface area contributed by atoms with Crippen molar-refractivity contribution in [3.8, 4) is 0 Å². The number of aliphatic hydroxyl groups excluding tert-OH is 1. The van der Waals surface area contributed by atoms with Crippen molar-refractivity contribution in [3.63, 3.8) is 0 Å². The van der Waals surface area contributed by atoms with Crippen LogP contribution >= 0.6 is 0 Å². The molecule has 3 heteroatoms. The van der Waals surface area contributed by atoms with Crippen molar-refractivity contribution in [2.75, 3.05) is 13.2 Å². The van der Waals surface area contributed by atoms with Crippen LogP contribution in [0.3, 0.4) is 0 Å². The number of ether oxygens (including phenoxy) is 2. The third-order valence-electron chi connectivity index (χ3n) is 2.70. The second kappa shape index (κ2) is 3.68. The van der Waals surface area contributed by atoms with Crippen molar-refractivity contribution in [1.29, 1.82) is 0 Å². The van der Waals surface area contributed by atoms with E-state index in [2.05, 4.69) is 0 Å². The van der Waals surface area contributed by atoms with Crippen molar-refractivity contribution < 1.29 is 14.6 Å². The van der Waals surface area contributed by atoms with Gasteiger partial charge in [-0.25, -0.2) is 0 Å². The average Bonchev–Trinajstić information content (AvgIpc) is 2.72. The predicted molar refractivity (Wildman–Crippen MR) is 48.2 cm³/mol. The van der Waals surface area contributed by atoms with Crippen LogP contribution in [-0.4, -0.2) is 30.5 Å². The van der Waals surface area contributed by atoms with Gasteiger partial charge in [0.2, 0.25) is 0 Å². The Kier molecular flexibility index (Phi) is 2.56. The molecule has 3 atom stereocenters. The third kappa shape index (κ3) is 1.86. The van der Waals surface area contributed by atoms with Crippen molar-refractivity contribution in [2.24, 2.45) is 5.92 Å². The molecule has 0 bridgehead atoms. The van der Waals surface area contributed by atoms with E-state index in [-0.39, 0.29) is 12.0 Å². The Hall–Kier alpha value is -0.540. The van der Waals surface area contributed by atoms with Crippen molar-refractivity contribution in [2.45, 2.75) is 32.0 Å². The molecule has 0 saturated carbocycles. The molecule has 3 unspecified atom stereocenters. The zero-order chi connectivity index (χ0) is 9.26. The molecule has 1 fully saturated rings. The molecule has 74 valence electrons. The van der Waals surface area contributed by atoms with Gasteiger partial charge < -0.3 is 14.6 Å². The molecular weight excluding hydrogens is 168 g/mol. The Morgan fingerprint density at radius 1 is 1.62 bits per heavy atom. The minimum Gasteiger partial charge on any atom is -0.495 e. The van der Waals surface area contributed by atoms with E-state index in [4.69, 9.17) is 9.47 Å². The zero-order valence-corrected chi connectivity index (χ0v) is 7.90. The highest BCUT2D eigenvalue weighted by molar-refractivity contribution is 5.06. The molecule has 0 aromatic carbocycles. The number of aliphatic hydroxyl groups is 1. The lowest BCUT2D eigenvalue weighted by atomic mass is 9.98. The van der Waals surface area contributed by atoms with Gasteiger partial charge in [-0.1, -0.05) is 0 Å². The first-order chi connectivity index (χ1) is 6.27. The summed E-state index contributed by atoms with van der Waals surface area (Å²) in [5, 5.41) is 9.89. The van der Waals surface area contributed by atoms with E-state index in [1.165, 1.54) is 0 Å². The Labute approximate surface area is 78.3 Å². The van der Waals surface area contributed by atoms with Gasteiger partial charge in [0.25, 0.3) is 0 Å². The molecule has 0 aromatic heterocycles. The van der Waals surface area contributed by atoms with Crippen molar-refractivity contribution in [1.82, 2.24) is 0 Å². The van der Waals surface area contributed by atoms with Crippen LogP contribution in [0.15, 0.2) is 11.8 Å². The van der Waals surface area contributed by atoms with Gasteiger partial charge in [0.15, 0.2) is 0 Å². The SMILES string of the molecule is CC1CC(C(O)C2=CCCO2)CO1. The highest BCUT2D eigenvalue weighted by Crippen LogP contribution is 2.28. The largest absolute Gasteiger partial charge is 0.495 e. The lowest BCUT2D eigenvalue weighted by molar-refractivity contribution is 0.0614. The summed E-state index contributed by atoms with van der Waals surface area (Å²) in [4.78, 5) is 0. The van der Waals surface area contributed by atoms with Crippen LogP contribution in [0.4, 0.5) is 0 Å². The molecule has 2 heterocycles. The Morgan fingerprint density at radius 3 is 3.00 bits per heavy atom. The molecule has 3 nitrogen and oxygen atoms in total. The first-order valence-electron chi connectivity index (χ1n) is 4.90. The van der Waals surface area contributed by atoms with E-state index in [0.717, 1.165) is 25.2 Å². The van der Waals surface area contributed by atoms with Crippen LogP contribution in [0.1, 0.15) is 19.8 Å². The molecule has 13 heavy (non-hydrogen) atoms. The Morgan fingerprint density at radius 2 is 2.46 bits per heavy atom. The fraction of sp³-hybridized carbons (Fsp3) is 0.800. The van der Waals surface area contributed by atoms with Gasteiger partial charge in [-0.15, -0.1) is 0 Å². The van der Waals surface area contributed by atoms with Gasteiger partial charge in [0, 0.05) is 12.3 Å². The number of rotatable bonds is 2. The van der Waals surface area contributed by atoms with Crippen LogP contribution in [0.25, 0.3) is 0 Å². The molecule has 0 amide bonds. The first kappa shape index (κ1) is 9.03. The topological polar surface area (TPSA) is 38.7 Å². The van der Waals surface area contributed by atoms with Crippen LogP contribution in [-0.2, 0) is 9.47 Å². The van der Waals surface area contributed by atoms with E-state index in [1.807, 2.05) is 13.0 Å². The second-order valence-electron chi connectivity index (χ2n) is 3.83. The van der Waals surface area contributed by atoms with E-state index < -0.39 is 6.10 Å². The third-order valence-corrected chi connectivity index (χ3v) is 2.70. The van der Waals surface area contributed by atoms with Gasteiger partial charge in [0.05, 0.1) is 19.3 Å². The Balaban J connectivity index is 1.92. The summed E-state index contributed by atoms with van der Waals surface area (Å²) < 4.78 is 10.7. The summed E-state index contributed by atoms with van der Waals surface area (Å²) in [6.07, 6.45) is 3.67. The summed E-state index contributed by atoms with van der Waals surface area (Å²) in [6.45, 7) is 3.41. The molecular formula is C10H16O3. The molecule has 2 aliphatic rings. The molecule has 1 N–H and O–H groups in total. The minimum atomic E-state index is -0.451. The van der Waals surface area contributed by atoms with Crippen LogP contribution in [0.2, 0.25) is 0 Å². The summed E-state index contributed by atoms with van der Waals surface area (Å²) in [5.74, 6) is 0.974. The summed E-state index contributed by atoms with van der Waals surface area (Å²) >= 11 is 0. The van der Waals surface area contributed by atoms with E-state index in [9.17, 15) is 5.11 Å². The molecule has 0 spiro atoms. The normalized spacial score (nSPS) is 35.7. The van der Waals surface area contributed by atoms with Gasteiger partial charge >= 0.3 is 0 Å². The van der Waals surface area contributed by atoms with Gasteiger partial charge in [-0.3, -0.25) is 0 Å². The number of hydrogen-bond donors (Lipinski definition) is 1. The Bertz CT molecular complexity index is 212. The molecule has 1 saturated heterocycles. The van der Waals surface area contributed by atoms with E-state index in [1.54, 1.807) is 0 Å².